The highest BCUT2D eigenvalue weighted by atomic mass is 16.5. The summed E-state index contributed by atoms with van der Waals surface area (Å²) in [5.74, 6) is 1.79. The monoisotopic (exact) mass is 279 g/mol. The quantitative estimate of drug-likeness (QED) is 0.905. The molecule has 1 heterocycles. The number of hydrogen-bond donors (Lipinski definition) is 1. The molecule has 0 bridgehead atoms. The van der Waals surface area contributed by atoms with Gasteiger partial charge in [0.05, 0.1) is 6.61 Å². The molecule has 2 aromatic carbocycles. The maximum absolute atomic E-state index is 5.56. The maximum atomic E-state index is 5.56. The number of rotatable bonds is 3. The predicted octanol–water partition coefficient (Wildman–Crippen LogP) is 4.29. The second-order valence-corrected chi connectivity index (χ2v) is 6.29. The van der Waals surface area contributed by atoms with Crippen LogP contribution in [0, 0.1) is 6.92 Å². The molecule has 108 valence electrons. The molecule has 1 fully saturated rings. The van der Waals surface area contributed by atoms with Crippen molar-refractivity contribution < 1.29 is 4.74 Å². The van der Waals surface area contributed by atoms with Crippen LogP contribution in [-0.2, 0) is 6.42 Å². The van der Waals surface area contributed by atoms with Crippen LogP contribution in [0.4, 0.5) is 5.69 Å². The van der Waals surface area contributed by atoms with Crippen LogP contribution in [0.2, 0.25) is 0 Å². The van der Waals surface area contributed by atoms with Gasteiger partial charge < -0.3 is 10.1 Å². The highest BCUT2D eigenvalue weighted by molar-refractivity contribution is 5.53. The highest BCUT2D eigenvalue weighted by Crippen LogP contribution is 2.40. The van der Waals surface area contributed by atoms with Gasteiger partial charge in [0.1, 0.15) is 5.75 Å². The fourth-order valence-electron chi connectivity index (χ4n) is 3.55. The van der Waals surface area contributed by atoms with Gasteiger partial charge in [-0.1, -0.05) is 24.3 Å². The van der Waals surface area contributed by atoms with Crippen molar-refractivity contribution in [3.05, 3.63) is 59.2 Å². The zero-order valence-electron chi connectivity index (χ0n) is 12.4. The third-order valence-corrected chi connectivity index (χ3v) is 4.83. The Bertz CT molecular complexity index is 658. The lowest BCUT2D eigenvalue weighted by atomic mass is 9.74. The van der Waals surface area contributed by atoms with E-state index < -0.39 is 0 Å². The summed E-state index contributed by atoms with van der Waals surface area (Å²) >= 11 is 0. The molecule has 0 radical (unpaired) electrons. The van der Waals surface area contributed by atoms with Crippen molar-refractivity contribution in [3.63, 3.8) is 0 Å². The molecule has 0 spiro atoms. The van der Waals surface area contributed by atoms with Gasteiger partial charge >= 0.3 is 0 Å². The van der Waals surface area contributed by atoms with Gasteiger partial charge in [0.2, 0.25) is 0 Å². The molecule has 0 unspecified atom stereocenters. The number of aryl methyl sites for hydroxylation is 1. The molecule has 1 N–H and O–H groups in total. The predicted molar refractivity (Wildman–Crippen MR) is 86.2 cm³/mol. The first-order valence-electron chi connectivity index (χ1n) is 7.87. The molecule has 0 amide bonds. The van der Waals surface area contributed by atoms with Crippen molar-refractivity contribution >= 4 is 5.69 Å². The smallest absolute Gasteiger partial charge is 0.122 e. The fraction of sp³-hybridized carbons (Fsp3) is 0.368. The van der Waals surface area contributed by atoms with Gasteiger partial charge in [-0.15, -0.1) is 0 Å². The summed E-state index contributed by atoms with van der Waals surface area (Å²) in [6.45, 7) is 3.05. The van der Waals surface area contributed by atoms with E-state index in [0.717, 1.165) is 24.7 Å². The van der Waals surface area contributed by atoms with Crippen LogP contribution in [0.15, 0.2) is 42.5 Å². The van der Waals surface area contributed by atoms with E-state index in [2.05, 4.69) is 54.7 Å². The molecule has 21 heavy (non-hydrogen) atoms. The van der Waals surface area contributed by atoms with E-state index in [9.17, 15) is 0 Å². The zero-order valence-corrected chi connectivity index (χ0v) is 12.4. The lowest BCUT2D eigenvalue weighted by Gasteiger charge is -2.37. The van der Waals surface area contributed by atoms with Gasteiger partial charge in [-0.3, -0.25) is 0 Å². The van der Waals surface area contributed by atoms with E-state index in [1.165, 1.54) is 35.2 Å². The summed E-state index contributed by atoms with van der Waals surface area (Å²) < 4.78 is 5.56. The van der Waals surface area contributed by atoms with Crippen LogP contribution >= 0.6 is 0 Å². The van der Waals surface area contributed by atoms with E-state index in [-0.39, 0.29) is 0 Å². The van der Waals surface area contributed by atoms with Gasteiger partial charge in [-0.2, -0.15) is 0 Å². The zero-order chi connectivity index (χ0) is 14.2. The number of anilines is 1. The summed E-state index contributed by atoms with van der Waals surface area (Å²) in [4.78, 5) is 0. The first-order valence-corrected chi connectivity index (χ1v) is 7.87. The van der Waals surface area contributed by atoms with Crippen LogP contribution in [-0.4, -0.2) is 12.6 Å². The van der Waals surface area contributed by atoms with Crippen molar-refractivity contribution in [2.75, 3.05) is 11.9 Å². The standard InChI is InChI=1S/C19H21NO/c1-13-4-2-3-5-18(13)15-11-17(12-15)20-16-6-7-19-14(10-16)8-9-21-19/h2-7,10,15,17,20H,8-9,11-12H2,1H3. The Morgan fingerprint density at radius 3 is 2.81 bits per heavy atom. The average Bonchev–Trinajstić information content (AvgIpc) is 2.91. The lowest BCUT2D eigenvalue weighted by molar-refractivity contribution is 0.356. The highest BCUT2D eigenvalue weighted by Gasteiger charge is 2.31. The second kappa shape index (κ2) is 5.10. The Kier molecular flexibility index (Phi) is 3.10. The molecule has 1 aliphatic carbocycles. The Hall–Kier alpha value is -1.96. The molecule has 2 aromatic rings. The van der Waals surface area contributed by atoms with Gasteiger partial charge in [0.15, 0.2) is 0 Å². The van der Waals surface area contributed by atoms with E-state index in [1.807, 2.05) is 0 Å². The minimum atomic E-state index is 0.606. The number of benzene rings is 2. The fourth-order valence-corrected chi connectivity index (χ4v) is 3.55. The van der Waals surface area contributed by atoms with Crippen LogP contribution in [0.3, 0.4) is 0 Å². The van der Waals surface area contributed by atoms with Crippen LogP contribution in [0.5, 0.6) is 5.75 Å². The Morgan fingerprint density at radius 1 is 1.10 bits per heavy atom. The Balaban J connectivity index is 1.39. The largest absolute Gasteiger partial charge is 0.493 e. The van der Waals surface area contributed by atoms with Crippen molar-refractivity contribution in [1.82, 2.24) is 0 Å². The Labute approximate surface area is 126 Å². The van der Waals surface area contributed by atoms with Crippen molar-refractivity contribution in [2.24, 2.45) is 0 Å². The number of fused-ring (bicyclic) bond motifs is 1. The molecular formula is C19H21NO. The van der Waals surface area contributed by atoms with E-state index >= 15 is 0 Å². The molecule has 4 rings (SSSR count). The minimum absolute atomic E-state index is 0.606. The average molecular weight is 279 g/mol. The van der Waals surface area contributed by atoms with Crippen LogP contribution < -0.4 is 10.1 Å². The van der Waals surface area contributed by atoms with Crippen LogP contribution in [0.25, 0.3) is 0 Å². The molecule has 2 aliphatic rings. The topological polar surface area (TPSA) is 21.3 Å². The molecule has 1 saturated carbocycles. The van der Waals surface area contributed by atoms with Gasteiger partial charge in [0, 0.05) is 18.2 Å². The first-order chi connectivity index (χ1) is 10.3. The molecular weight excluding hydrogens is 258 g/mol. The van der Waals surface area contributed by atoms with E-state index in [4.69, 9.17) is 4.74 Å². The number of nitrogens with one attached hydrogen (secondary N) is 1. The maximum Gasteiger partial charge on any atom is 0.122 e. The third-order valence-electron chi connectivity index (χ3n) is 4.83. The van der Waals surface area contributed by atoms with Crippen LogP contribution in [0.1, 0.15) is 35.4 Å². The number of ether oxygens (including phenoxy) is 1. The van der Waals surface area contributed by atoms with Crippen molar-refractivity contribution in [2.45, 2.75) is 38.1 Å². The molecule has 2 nitrogen and oxygen atoms in total. The van der Waals surface area contributed by atoms with Crippen molar-refractivity contribution in [3.8, 4) is 5.75 Å². The van der Waals surface area contributed by atoms with Gasteiger partial charge in [-0.25, -0.2) is 0 Å². The third kappa shape index (κ3) is 2.39. The van der Waals surface area contributed by atoms with E-state index in [1.54, 1.807) is 0 Å². The number of hydrogen-bond acceptors (Lipinski definition) is 2. The molecule has 2 heteroatoms. The normalized spacial score (nSPS) is 23.1. The summed E-state index contributed by atoms with van der Waals surface area (Å²) in [5, 5.41) is 3.67. The minimum Gasteiger partial charge on any atom is -0.493 e. The first kappa shape index (κ1) is 12.8. The summed E-state index contributed by atoms with van der Waals surface area (Å²) in [5.41, 5.74) is 5.54. The second-order valence-electron chi connectivity index (χ2n) is 6.29. The summed E-state index contributed by atoms with van der Waals surface area (Å²) in [6, 6.07) is 15.9. The SMILES string of the molecule is Cc1ccccc1C1CC(Nc2ccc3c(c2)CCO3)C1. The summed E-state index contributed by atoms with van der Waals surface area (Å²) in [6.07, 6.45) is 3.51. The van der Waals surface area contributed by atoms with Gasteiger partial charge in [0.25, 0.3) is 0 Å². The molecule has 0 aromatic heterocycles. The molecule has 1 aliphatic heterocycles. The lowest BCUT2D eigenvalue weighted by Crippen LogP contribution is -2.34. The summed E-state index contributed by atoms with van der Waals surface area (Å²) in [7, 11) is 0. The molecule has 0 atom stereocenters. The van der Waals surface area contributed by atoms with Gasteiger partial charge in [-0.05, 0) is 60.6 Å². The Morgan fingerprint density at radius 2 is 1.95 bits per heavy atom. The van der Waals surface area contributed by atoms with E-state index in [0.29, 0.717) is 6.04 Å². The van der Waals surface area contributed by atoms with Crippen molar-refractivity contribution in [1.29, 1.82) is 0 Å². The molecule has 0 saturated heterocycles.